The molecule has 5 rings (SSSR count). The number of allylic oxidation sites excluding steroid dienone is 1. The van der Waals surface area contributed by atoms with Crippen molar-refractivity contribution >= 4 is 28.8 Å². The zero-order valence-corrected chi connectivity index (χ0v) is 20.6. The number of anilines is 2. The molecule has 1 amide bonds. The molecule has 8 nitrogen and oxygen atoms in total. The second-order valence-electron chi connectivity index (χ2n) is 10.1. The third-order valence-corrected chi connectivity index (χ3v) is 6.84. The summed E-state index contributed by atoms with van der Waals surface area (Å²) in [6.45, 7) is 7.31. The number of nitrogens with zero attached hydrogens (tertiary/aromatic N) is 2. The van der Waals surface area contributed by atoms with Crippen molar-refractivity contribution in [2.24, 2.45) is 11.3 Å². The van der Waals surface area contributed by atoms with Crippen molar-refractivity contribution in [3.05, 3.63) is 87.8 Å². The highest BCUT2D eigenvalue weighted by Gasteiger charge is 2.47. The summed E-state index contributed by atoms with van der Waals surface area (Å²) in [5.74, 6) is 0.170. The van der Waals surface area contributed by atoms with Gasteiger partial charge in [0.1, 0.15) is 23.3 Å². The van der Waals surface area contributed by atoms with E-state index in [0.717, 1.165) is 11.4 Å². The molecule has 1 aromatic heterocycles. The molecule has 2 aliphatic rings. The van der Waals surface area contributed by atoms with Crippen molar-refractivity contribution in [3.63, 3.8) is 0 Å². The van der Waals surface area contributed by atoms with E-state index in [9.17, 15) is 19.7 Å². The van der Waals surface area contributed by atoms with E-state index in [1.54, 1.807) is 30.0 Å². The maximum atomic E-state index is 13.6. The van der Waals surface area contributed by atoms with Gasteiger partial charge in [0.15, 0.2) is 0 Å². The number of hydrogen-bond donors (Lipinski definition) is 1. The Labute approximate surface area is 208 Å². The number of amides is 1. The normalized spacial score (nSPS) is 20.5. The number of fused-ring (bicyclic) bond motifs is 2. The fraction of sp³-hybridized carbons (Fsp3) is 0.286. The molecule has 184 valence electrons. The maximum Gasteiger partial charge on any atom is 0.269 e. The van der Waals surface area contributed by atoms with Crippen LogP contribution >= 0.6 is 0 Å². The fourth-order valence-electron chi connectivity index (χ4n) is 5.35. The molecule has 0 bridgehead atoms. The quantitative estimate of drug-likeness (QED) is 0.351. The highest BCUT2D eigenvalue weighted by Crippen LogP contribution is 2.49. The van der Waals surface area contributed by atoms with Gasteiger partial charge in [0, 0.05) is 36.7 Å². The van der Waals surface area contributed by atoms with Crippen LogP contribution in [-0.4, -0.2) is 16.6 Å². The van der Waals surface area contributed by atoms with Gasteiger partial charge in [0.25, 0.3) is 5.69 Å². The molecule has 0 fully saturated rings. The zero-order chi connectivity index (χ0) is 25.8. The standard InChI is InChI=1S/C28H27N3O5/c1-16-13-18(31(34)35)9-10-19(16)24-11-12-25(36-24)27-26-21(14-28(3,4)15-23(26)33)29-20-7-5-6-8-22(20)30(27)17(2)32/h5-14,26-27,29H,15H2,1-4H3. The smallest absolute Gasteiger partial charge is 0.269 e. The predicted octanol–water partition coefficient (Wildman–Crippen LogP) is 6.18. The van der Waals surface area contributed by atoms with Crippen LogP contribution in [-0.2, 0) is 9.59 Å². The lowest BCUT2D eigenvalue weighted by Gasteiger charge is -2.37. The summed E-state index contributed by atoms with van der Waals surface area (Å²) in [6, 6.07) is 15.0. The summed E-state index contributed by atoms with van der Waals surface area (Å²) in [7, 11) is 0. The molecule has 2 aromatic carbocycles. The Balaban J connectivity index is 1.68. The number of para-hydroxylation sites is 2. The van der Waals surface area contributed by atoms with Crippen LogP contribution in [0.4, 0.5) is 17.1 Å². The number of benzene rings is 2. The average Bonchev–Trinajstić information content (AvgIpc) is 3.21. The molecule has 1 aliphatic carbocycles. The summed E-state index contributed by atoms with van der Waals surface area (Å²) < 4.78 is 6.32. The molecule has 0 saturated carbocycles. The van der Waals surface area contributed by atoms with E-state index in [0.29, 0.717) is 34.8 Å². The predicted molar refractivity (Wildman–Crippen MR) is 136 cm³/mol. The average molecular weight is 486 g/mol. The fourth-order valence-corrected chi connectivity index (χ4v) is 5.35. The molecule has 0 spiro atoms. The third-order valence-electron chi connectivity index (χ3n) is 6.84. The van der Waals surface area contributed by atoms with Gasteiger partial charge in [-0.15, -0.1) is 0 Å². The summed E-state index contributed by atoms with van der Waals surface area (Å²) in [5, 5.41) is 14.6. The zero-order valence-electron chi connectivity index (χ0n) is 20.6. The first-order chi connectivity index (χ1) is 17.1. The van der Waals surface area contributed by atoms with E-state index in [2.05, 4.69) is 11.4 Å². The van der Waals surface area contributed by atoms with Gasteiger partial charge in [-0.2, -0.15) is 0 Å². The van der Waals surface area contributed by atoms with Gasteiger partial charge in [0.05, 0.1) is 22.2 Å². The number of carbonyl (C=O) groups is 2. The number of aryl methyl sites for hydroxylation is 1. The molecule has 2 heterocycles. The van der Waals surface area contributed by atoms with E-state index in [1.165, 1.54) is 19.1 Å². The second kappa shape index (κ2) is 8.48. The number of furan rings is 1. The lowest BCUT2D eigenvalue weighted by atomic mass is 9.73. The van der Waals surface area contributed by atoms with Gasteiger partial charge < -0.3 is 9.73 Å². The van der Waals surface area contributed by atoms with Crippen molar-refractivity contribution in [2.45, 2.75) is 40.2 Å². The molecule has 36 heavy (non-hydrogen) atoms. The molecule has 0 radical (unpaired) electrons. The van der Waals surface area contributed by atoms with Crippen molar-refractivity contribution in [1.82, 2.24) is 0 Å². The number of nitrogens with one attached hydrogen (secondary N) is 1. The number of carbonyl (C=O) groups excluding carboxylic acids is 2. The van der Waals surface area contributed by atoms with Gasteiger partial charge >= 0.3 is 0 Å². The largest absolute Gasteiger partial charge is 0.459 e. The topological polar surface area (TPSA) is 106 Å². The van der Waals surface area contributed by atoms with Crippen LogP contribution in [0.5, 0.6) is 0 Å². The van der Waals surface area contributed by atoms with Gasteiger partial charge in [-0.05, 0) is 48.2 Å². The number of hydrogen-bond acceptors (Lipinski definition) is 6. The number of nitro groups is 1. The van der Waals surface area contributed by atoms with E-state index < -0.39 is 16.9 Å². The molecule has 8 heteroatoms. The minimum absolute atomic E-state index is 0.00225. The maximum absolute atomic E-state index is 13.6. The summed E-state index contributed by atoms with van der Waals surface area (Å²) in [5.41, 5.74) is 3.24. The Morgan fingerprint density at radius 2 is 1.92 bits per heavy atom. The Hall–Kier alpha value is -4.20. The second-order valence-corrected chi connectivity index (χ2v) is 10.1. The van der Waals surface area contributed by atoms with Gasteiger partial charge in [-0.1, -0.05) is 32.1 Å². The van der Waals surface area contributed by atoms with Crippen LogP contribution in [0.25, 0.3) is 11.3 Å². The highest BCUT2D eigenvalue weighted by atomic mass is 16.6. The Kier molecular flexibility index (Phi) is 5.54. The molecule has 2 unspecified atom stereocenters. The number of non-ortho nitro benzene ring substituents is 1. The monoisotopic (exact) mass is 485 g/mol. The third kappa shape index (κ3) is 3.98. The highest BCUT2D eigenvalue weighted by molar-refractivity contribution is 6.00. The number of ketones is 1. The van der Waals surface area contributed by atoms with Crippen molar-refractivity contribution in [1.29, 1.82) is 0 Å². The molecular formula is C28H27N3O5. The SMILES string of the molecule is CC(=O)N1c2ccccc2NC2=CC(C)(C)CC(=O)C2C1c1ccc(-c2ccc([N+](=O)[O-])cc2C)o1. The first kappa shape index (κ1) is 23.5. The van der Waals surface area contributed by atoms with Gasteiger partial charge in [-0.25, -0.2) is 0 Å². The first-order valence-corrected chi connectivity index (χ1v) is 11.8. The van der Waals surface area contributed by atoms with Gasteiger partial charge in [-0.3, -0.25) is 24.6 Å². The molecule has 3 aromatic rings. The molecule has 1 aliphatic heterocycles. The molecular weight excluding hydrogens is 458 g/mol. The minimum Gasteiger partial charge on any atom is -0.459 e. The lowest BCUT2D eigenvalue weighted by Crippen LogP contribution is -2.42. The first-order valence-electron chi connectivity index (χ1n) is 11.8. The summed E-state index contributed by atoms with van der Waals surface area (Å²) in [4.78, 5) is 39.1. The summed E-state index contributed by atoms with van der Waals surface area (Å²) in [6.07, 6.45) is 2.42. The van der Waals surface area contributed by atoms with Crippen LogP contribution in [0.1, 0.15) is 44.6 Å². The van der Waals surface area contributed by atoms with Gasteiger partial charge in [0.2, 0.25) is 5.91 Å². The van der Waals surface area contributed by atoms with Crippen LogP contribution in [0, 0.1) is 28.4 Å². The molecule has 1 N–H and O–H groups in total. The Morgan fingerprint density at radius 3 is 2.61 bits per heavy atom. The van der Waals surface area contributed by atoms with Crippen LogP contribution in [0.15, 0.2) is 70.8 Å². The number of rotatable bonds is 3. The van der Waals surface area contributed by atoms with Crippen molar-refractivity contribution in [3.8, 4) is 11.3 Å². The van der Waals surface area contributed by atoms with E-state index in [-0.39, 0.29) is 22.8 Å². The number of nitro benzene ring substituents is 1. The van der Waals surface area contributed by atoms with E-state index >= 15 is 0 Å². The van der Waals surface area contributed by atoms with Crippen LogP contribution in [0.2, 0.25) is 0 Å². The minimum atomic E-state index is -0.694. The molecule has 0 saturated heterocycles. The Bertz CT molecular complexity index is 1430. The number of Topliss-reactive ketones (excluding diaryl/α,β-unsaturated/α-hetero) is 1. The van der Waals surface area contributed by atoms with E-state index in [4.69, 9.17) is 4.42 Å². The lowest BCUT2D eigenvalue weighted by molar-refractivity contribution is -0.384. The van der Waals surface area contributed by atoms with Crippen LogP contribution in [0.3, 0.4) is 0 Å². The Morgan fingerprint density at radius 1 is 1.17 bits per heavy atom. The van der Waals surface area contributed by atoms with Crippen molar-refractivity contribution < 1.29 is 18.9 Å². The van der Waals surface area contributed by atoms with E-state index in [1.807, 2.05) is 38.1 Å². The van der Waals surface area contributed by atoms with Crippen LogP contribution < -0.4 is 10.2 Å². The summed E-state index contributed by atoms with van der Waals surface area (Å²) >= 11 is 0. The molecule has 2 atom stereocenters. The van der Waals surface area contributed by atoms with Crippen molar-refractivity contribution in [2.75, 3.05) is 10.2 Å².